The minimum Gasteiger partial charge on any atom is -0.482 e. The number of aromatic nitrogens is 1. The first kappa shape index (κ1) is 17.6. The van der Waals surface area contributed by atoms with Gasteiger partial charge in [0.25, 0.3) is 0 Å². The van der Waals surface area contributed by atoms with Crippen LogP contribution in [0.3, 0.4) is 0 Å². The van der Waals surface area contributed by atoms with Crippen LogP contribution >= 0.6 is 11.3 Å². The van der Waals surface area contributed by atoms with E-state index in [4.69, 9.17) is 14.7 Å². The van der Waals surface area contributed by atoms with E-state index in [-0.39, 0.29) is 6.61 Å². The second-order valence-corrected chi connectivity index (χ2v) is 6.01. The molecule has 0 aliphatic rings. The predicted octanol–water partition coefficient (Wildman–Crippen LogP) is 2.56. The van der Waals surface area contributed by atoms with Gasteiger partial charge in [0.1, 0.15) is 10.8 Å². The molecule has 1 aromatic carbocycles. The Morgan fingerprint density at radius 1 is 1.33 bits per heavy atom. The first-order valence-corrected chi connectivity index (χ1v) is 8.07. The fraction of sp³-hybridized carbons (Fsp3) is 0.294. The summed E-state index contributed by atoms with van der Waals surface area (Å²) in [6, 6.07) is 9.13. The van der Waals surface area contributed by atoms with Crippen LogP contribution in [0.25, 0.3) is 0 Å². The van der Waals surface area contributed by atoms with Crippen molar-refractivity contribution in [2.24, 2.45) is 0 Å². The van der Waals surface area contributed by atoms with Crippen LogP contribution in [-0.4, -0.2) is 30.0 Å². The molecule has 0 aliphatic carbocycles. The number of aryl methyl sites for hydroxylation is 2. The summed E-state index contributed by atoms with van der Waals surface area (Å²) in [7, 11) is 0. The van der Waals surface area contributed by atoms with Crippen LogP contribution in [0.2, 0.25) is 0 Å². The van der Waals surface area contributed by atoms with Crippen LogP contribution in [-0.2, 0) is 14.3 Å². The third kappa shape index (κ3) is 4.89. The minimum atomic E-state index is -1.02. The van der Waals surface area contributed by atoms with Crippen molar-refractivity contribution in [1.29, 1.82) is 5.26 Å². The van der Waals surface area contributed by atoms with E-state index >= 15 is 0 Å². The van der Waals surface area contributed by atoms with E-state index in [1.165, 1.54) is 11.3 Å². The van der Waals surface area contributed by atoms with E-state index in [1.807, 2.05) is 25.1 Å². The molecule has 1 aromatic heterocycles. The standard InChI is InChI=1S/C17H16N2O4S/c1-11-4-3-5-13(6-11)22-9-16(21)23-8-15(20)14(7-18)17-19-12(2)10-24-17/h3-6,10,14H,8-9H2,1-2H3/t14-/m1/s1. The second kappa shape index (κ2) is 8.22. The Morgan fingerprint density at radius 2 is 2.12 bits per heavy atom. The van der Waals surface area contributed by atoms with Gasteiger partial charge in [0.2, 0.25) is 0 Å². The third-order valence-corrected chi connectivity index (χ3v) is 4.08. The van der Waals surface area contributed by atoms with Gasteiger partial charge < -0.3 is 9.47 Å². The van der Waals surface area contributed by atoms with Gasteiger partial charge in [-0.05, 0) is 31.5 Å². The lowest BCUT2D eigenvalue weighted by molar-refractivity contribution is -0.150. The molecule has 2 aromatic rings. The number of hydrogen-bond donors (Lipinski definition) is 0. The van der Waals surface area contributed by atoms with Crippen LogP contribution in [0.5, 0.6) is 5.75 Å². The quantitative estimate of drug-likeness (QED) is 0.717. The van der Waals surface area contributed by atoms with Gasteiger partial charge in [-0.3, -0.25) is 4.79 Å². The van der Waals surface area contributed by atoms with Crippen LogP contribution in [0, 0.1) is 25.2 Å². The maximum Gasteiger partial charge on any atom is 0.344 e. The Labute approximate surface area is 143 Å². The highest BCUT2D eigenvalue weighted by molar-refractivity contribution is 7.09. The van der Waals surface area contributed by atoms with Crippen LogP contribution in [0.4, 0.5) is 0 Å². The zero-order chi connectivity index (χ0) is 17.5. The highest BCUT2D eigenvalue weighted by Crippen LogP contribution is 2.20. The Bertz CT molecular complexity index is 779. The fourth-order valence-electron chi connectivity index (χ4n) is 1.89. The summed E-state index contributed by atoms with van der Waals surface area (Å²) in [6.45, 7) is 2.91. The maximum absolute atomic E-state index is 12.0. The number of nitrogens with zero attached hydrogens (tertiary/aromatic N) is 2. The van der Waals surface area contributed by atoms with Gasteiger partial charge in [0.05, 0.1) is 6.07 Å². The third-order valence-electron chi connectivity index (χ3n) is 3.06. The molecule has 0 radical (unpaired) electrons. The molecule has 124 valence electrons. The molecule has 0 aliphatic heterocycles. The molecule has 24 heavy (non-hydrogen) atoms. The number of hydrogen-bond acceptors (Lipinski definition) is 7. The molecule has 1 heterocycles. The van der Waals surface area contributed by atoms with Crippen LogP contribution < -0.4 is 4.74 Å². The van der Waals surface area contributed by atoms with E-state index < -0.39 is 24.3 Å². The summed E-state index contributed by atoms with van der Waals surface area (Å²) in [5.74, 6) is -1.65. The lowest BCUT2D eigenvalue weighted by atomic mass is 10.1. The molecule has 6 nitrogen and oxygen atoms in total. The molecule has 7 heteroatoms. The molecule has 0 bridgehead atoms. The van der Waals surface area contributed by atoms with Gasteiger partial charge in [-0.2, -0.15) is 5.26 Å². The molecule has 0 unspecified atom stereocenters. The number of thiazole rings is 1. The first-order valence-electron chi connectivity index (χ1n) is 7.19. The first-order chi connectivity index (χ1) is 11.5. The average molecular weight is 344 g/mol. The molecule has 2 rings (SSSR count). The van der Waals surface area contributed by atoms with Gasteiger partial charge in [-0.25, -0.2) is 9.78 Å². The van der Waals surface area contributed by atoms with Crippen molar-refractivity contribution in [2.75, 3.05) is 13.2 Å². The number of rotatable bonds is 7. The molecule has 0 amide bonds. The summed E-state index contributed by atoms with van der Waals surface area (Å²) < 4.78 is 10.2. The largest absolute Gasteiger partial charge is 0.482 e. The van der Waals surface area contributed by atoms with Gasteiger partial charge >= 0.3 is 5.97 Å². The molecule has 0 N–H and O–H groups in total. The summed E-state index contributed by atoms with van der Waals surface area (Å²) in [4.78, 5) is 27.8. The summed E-state index contributed by atoms with van der Waals surface area (Å²) in [5, 5.41) is 11.3. The highest BCUT2D eigenvalue weighted by Gasteiger charge is 2.24. The molecule has 0 fully saturated rings. The maximum atomic E-state index is 12.0. The topological polar surface area (TPSA) is 89.3 Å². The Morgan fingerprint density at radius 3 is 2.75 bits per heavy atom. The zero-order valence-corrected chi connectivity index (χ0v) is 14.1. The molecule has 1 atom stereocenters. The zero-order valence-electron chi connectivity index (χ0n) is 13.3. The van der Waals surface area contributed by atoms with Crippen molar-refractivity contribution < 1.29 is 19.1 Å². The lowest BCUT2D eigenvalue weighted by Crippen LogP contribution is -2.22. The van der Waals surface area contributed by atoms with Crippen LogP contribution in [0.15, 0.2) is 29.6 Å². The van der Waals surface area contributed by atoms with Crippen LogP contribution in [0.1, 0.15) is 22.2 Å². The summed E-state index contributed by atoms with van der Waals surface area (Å²) >= 11 is 1.23. The number of esters is 1. The van der Waals surface area contributed by atoms with Gasteiger partial charge in [0.15, 0.2) is 24.9 Å². The molecule has 0 spiro atoms. The number of ketones is 1. The van der Waals surface area contributed by atoms with E-state index in [0.29, 0.717) is 10.8 Å². The number of carbonyl (C=O) groups excluding carboxylic acids is 2. The smallest absolute Gasteiger partial charge is 0.344 e. The minimum absolute atomic E-state index is 0.301. The van der Waals surface area contributed by atoms with Crippen molar-refractivity contribution in [3.63, 3.8) is 0 Å². The Hall–Kier alpha value is -2.72. The van der Waals surface area contributed by atoms with E-state index in [1.54, 1.807) is 24.4 Å². The van der Waals surface area contributed by atoms with Crippen molar-refractivity contribution in [3.05, 3.63) is 45.9 Å². The summed E-state index contributed by atoms with van der Waals surface area (Å²) in [6.07, 6.45) is 0. The van der Waals surface area contributed by atoms with Crippen molar-refractivity contribution in [2.45, 2.75) is 19.8 Å². The Balaban J connectivity index is 1.82. The number of carbonyl (C=O) groups is 2. The number of ether oxygens (including phenoxy) is 2. The fourth-order valence-corrected chi connectivity index (χ4v) is 2.75. The lowest BCUT2D eigenvalue weighted by Gasteiger charge is -2.08. The van der Waals surface area contributed by atoms with Crippen molar-refractivity contribution in [1.82, 2.24) is 4.98 Å². The number of nitriles is 1. The Kier molecular flexibility index (Phi) is 6.04. The number of Topliss-reactive ketones (excluding diaryl/α,β-unsaturated/α-hetero) is 1. The van der Waals surface area contributed by atoms with Gasteiger partial charge in [0, 0.05) is 11.1 Å². The van der Waals surface area contributed by atoms with Crippen molar-refractivity contribution in [3.8, 4) is 11.8 Å². The second-order valence-electron chi connectivity index (χ2n) is 5.12. The van der Waals surface area contributed by atoms with E-state index in [2.05, 4.69) is 4.98 Å². The number of benzene rings is 1. The summed E-state index contributed by atoms with van der Waals surface area (Å²) in [5.41, 5.74) is 1.75. The normalized spacial score (nSPS) is 11.4. The molecule has 0 saturated carbocycles. The molecular formula is C17H16N2O4S. The van der Waals surface area contributed by atoms with Gasteiger partial charge in [-0.1, -0.05) is 12.1 Å². The van der Waals surface area contributed by atoms with E-state index in [9.17, 15) is 9.59 Å². The van der Waals surface area contributed by atoms with E-state index in [0.717, 1.165) is 11.3 Å². The van der Waals surface area contributed by atoms with Gasteiger partial charge in [-0.15, -0.1) is 11.3 Å². The van der Waals surface area contributed by atoms with Crippen molar-refractivity contribution >= 4 is 23.1 Å². The SMILES string of the molecule is Cc1cccc(OCC(=O)OCC(=O)[C@@H](C#N)c2nc(C)cs2)c1. The molecular weight excluding hydrogens is 328 g/mol. The predicted molar refractivity (Wildman–Crippen MR) is 87.8 cm³/mol. The molecule has 0 saturated heterocycles. The highest BCUT2D eigenvalue weighted by atomic mass is 32.1. The average Bonchev–Trinajstić information content (AvgIpc) is 2.98. The monoisotopic (exact) mass is 344 g/mol.